The van der Waals surface area contributed by atoms with Crippen LogP contribution in [0.15, 0.2) is 54.6 Å². The molecule has 0 radical (unpaired) electrons. The van der Waals surface area contributed by atoms with Crippen molar-refractivity contribution < 1.29 is 13.9 Å². The van der Waals surface area contributed by atoms with Crippen molar-refractivity contribution in [3.63, 3.8) is 0 Å². The van der Waals surface area contributed by atoms with Crippen LogP contribution in [0.2, 0.25) is 0 Å². The molecule has 31 heavy (non-hydrogen) atoms. The van der Waals surface area contributed by atoms with E-state index in [1.165, 1.54) is 6.07 Å². The molecule has 1 saturated heterocycles. The van der Waals surface area contributed by atoms with Crippen molar-refractivity contribution in [3.8, 4) is 17.0 Å². The van der Waals surface area contributed by atoms with Crippen LogP contribution in [-0.4, -0.2) is 54.4 Å². The Bertz CT molecular complexity index is 1070. The van der Waals surface area contributed by atoms with E-state index in [2.05, 4.69) is 20.4 Å². The van der Waals surface area contributed by atoms with Gasteiger partial charge in [-0.25, -0.2) is 9.18 Å². The zero-order valence-electron chi connectivity index (χ0n) is 17.5. The molecule has 1 aliphatic rings. The van der Waals surface area contributed by atoms with E-state index >= 15 is 0 Å². The number of benzene rings is 2. The van der Waals surface area contributed by atoms with Crippen LogP contribution in [0, 0.1) is 12.7 Å². The molecule has 3 aromatic rings. The lowest BCUT2D eigenvalue weighted by molar-refractivity contribution is 0.208. The molecule has 2 amide bonds. The molecule has 1 aliphatic heterocycles. The summed E-state index contributed by atoms with van der Waals surface area (Å²) >= 11 is 0. The van der Waals surface area contributed by atoms with Gasteiger partial charge in [0.1, 0.15) is 11.6 Å². The second-order valence-corrected chi connectivity index (χ2v) is 7.38. The second-order valence-electron chi connectivity index (χ2n) is 7.38. The Kier molecular flexibility index (Phi) is 5.97. The molecule has 0 bridgehead atoms. The fourth-order valence-corrected chi connectivity index (χ4v) is 3.44. The largest absolute Gasteiger partial charge is 0.497 e. The molecular formula is C23H24FN5O2. The fourth-order valence-electron chi connectivity index (χ4n) is 3.44. The van der Waals surface area contributed by atoms with Crippen molar-refractivity contribution in [2.24, 2.45) is 0 Å². The molecule has 0 spiro atoms. The molecule has 1 aromatic heterocycles. The van der Waals surface area contributed by atoms with Crippen LogP contribution in [-0.2, 0) is 0 Å². The molecule has 0 saturated carbocycles. The van der Waals surface area contributed by atoms with Gasteiger partial charge in [-0.2, -0.15) is 0 Å². The first kappa shape index (κ1) is 20.6. The number of ether oxygens (including phenoxy) is 1. The molecule has 160 valence electrons. The van der Waals surface area contributed by atoms with Crippen LogP contribution in [0.3, 0.4) is 0 Å². The number of aryl methyl sites for hydroxylation is 1. The average molecular weight is 421 g/mol. The van der Waals surface area contributed by atoms with E-state index in [9.17, 15) is 9.18 Å². The van der Waals surface area contributed by atoms with Crippen LogP contribution in [0.5, 0.6) is 5.75 Å². The first-order valence-corrected chi connectivity index (χ1v) is 10.1. The molecular weight excluding hydrogens is 397 g/mol. The molecule has 7 nitrogen and oxygen atoms in total. The number of carbonyl (C=O) groups is 1. The van der Waals surface area contributed by atoms with Crippen LogP contribution in [0.25, 0.3) is 11.3 Å². The summed E-state index contributed by atoms with van der Waals surface area (Å²) in [5.74, 6) is 1.21. The van der Waals surface area contributed by atoms with Crippen molar-refractivity contribution in [2.45, 2.75) is 6.92 Å². The molecule has 2 aromatic carbocycles. The van der Waals surface area contributed by atoms with Crippen molar-refractivity contribution in [1.29, 1.82) is 0 Å². The highest BCUT2D eigenvalue weighted by Crippen LogP contribution is 2.23. The standard InChI is InChI=1S/C23H24FN5O2/c1-16-6-7-18(15-20(16)24)25-23(30)29-12-10-28(11-13-29)22-9-8-21(26-27-22)17-4-3-5-19(14-17)31-2/h3-9,14-15H,10-13H2,1-2H3,(H,25,30). The van der Waals surface area contributed by atoms with Gasteiger partial charge in [-0.1, -0.05) is 18.2 Å². The number of rotatable bonds is 4. The molecule has 0 unspecified atom stereocenters. The molecule has 1 N–H and O–H groups in total. The highest BCUT2D eigenvalue weighted by molar-refractivity contribution is 5.89. The van der Waals surface area contributed by atoms with Crippen molar-refractivity contribution >= 4 is 17.5 Å². The zero-order valence-corrected chi connectivity index (χ0v) is 17.5. The SMILES string of the molecule is COc1cccc(-c2ccc(N3CCN(C(=O)Nc4ccc(C)c(F)c4)CC3)nn2)c1. The Morgan fingerprint density at radius 3 is 2.52 bits per heavy atom. The summed E-state index contributed by atoms with van der Waals surface area (Å²) in [6.07, 6.45) is 0. The summed E-state index contributed by atoms with van der Waals surface area (Å²) in [6, 6.07) is 16.0. The Balaban J connectivity index is 1.35. The number of anilines is 2. The fraction of sp³-hybridized carbons (Fsp3) is 0.261. The topological polar surface area (TPSA) is 70.6 Å². The van der Waals surface area contributed by atoms with Crippen molar-refractivity contribution in [2.75, 3.05) is 43.5 Å². The minimum absolute atomic E-state index is 0.234. The molecule has 1 fully saturated rings. The number of nitrogens with one attached hydrogen (secondary N) is 1. The van der Waals surface area contributed by atoms with E-state index in [1.54, 1.807) is 31.1 Å². The molecule has 0 atom stereocenters. The van der Waals surface area contributed by atoms with Gasteiger partial charge in [0, 0.05) is 37.4 Å². The number of nitrogens with zero attached hydrogens (tertiary/aromatic N) is 4. The summed E-state index contributed by atoms with van der Waals surface area (Å²) in [5.41, 5.74) is 2.71. The maximum absolute atomic E-state index is 13.7. The van der Waals surface area contributed by atoms with Gasteiger partial charge in [0.2, 0.25) is 0 Å². The number of urea groups is 1. The monoisotopic (exact) mass is 421 g/mol. The van der Waals surface area contributed by atoms with E-state index in [-0.39, 0.29) is 11.8 Å². The van der Waals surface area contributed by atoms with Crippen LogP contribution >= 0.6 is 0 Å². The number of methoxy groups -OCH3 is 1. The normalized spacial score (nSPS) is 13.8. The lowest BCUT2D eigenvalue weighted by Crippen LogP contribution is -2.50. The summed E-state index contributed by atoms with van der Waals surface area (Å²) in [5, 5.41) is 11.5. The maximum Gasteiger partial charge on any atom is 0.321 e. The highest BCUT2D eigenvalue weighted by Gasteiger charge is 2.22. The second kappa shape index (κ2) is 8.99. The van der Waals surface area contributed by atoms with Gasteiger partial charge in [-0.05, 0) is 48.9 Å². The number of piperazine rings is 1. The van der Waals surface area contributed by atoms with Crippen LogP contribution in [0.4, 0.5) is 20.7 Å². The third-order valence-corrected chi connectivity index (χ3v) is 5.33. The van der Waals surface area contributed by atoms with Crippen LogP contribution in [0.1, 0.15) is 5.56 Å². The van der Waals surface area contributed by atoms with E-state index in [4.69, 9.17) is 4.74 Å². The molecule has 0 aliphatic carbocycles. The predicted octanol–water partition coefficient (Wildman–Crippen LogP) is 3.95. The third-order valence-electron chi connectivity index (χ3n) is 5.33. The third kappa shape index (κ3) is 4.74. The lowest BCUT2D eigenvalue weighted by atomic mass is 10.1. The summed E-state index contributed by atoms with van der Waals surface area (Å²) < 4.78 is 19.0. The quantitative estimate of drug-likeness (QED) is 0.691. The van der Waals surface area contributed by atoms with E-state index < -0.39 is 0 Å². The van der Waals surface area contributed by atoms with E-state index in [0.29, 0.717) is 37.4 Å². The highest BCUT2D eigenvalue weighted by atomic mass is 19.1. The number of amides is 2. The van der Waals surface area contributed by atoms with E-state index in [0.717, 1.165) is 22.8 Å². The van der Waals surface area contributed by atoms with Gasteiger partial charge < -0.3 is 19.9 Å². The number of halogens is 1. The number of carbonyl (C=O) groups excluding carboxylic acids is 1. The maximum atomic E-state index is 13.7. The first-order valence-electron chi connectivity index (χ1n) is 10.1. The van der Waals surface area contributed by atoms with Gasteiger partial charge in [0.25, 0.3) is 0 Å². The van der Waals surface area contributed by atoms with Gasteiger partial charge in [0.05, 0.1) is 12.8 Å². The Hall–Kier alpha value is -3.68. The Morgan fingerprint density at radius 2 is 1.84 bits per heavy atom. The minimum atomic E-state index is -0.335. The van der Waals surface area contributed by atoms with Gasteiger partial charge in [0.15, 0.2) is 5.82 Å². The zero-order chi connectivity index (χ0) is 21.8. The summed E-state index contributed by atoms with van der Waals surface area (Å²) in [7, 11) is 1.63. The Labute approximate surface area is 180 Å². The average Bonchev–Trinajstić information content (AvgIpc) is 2.82. The minimum Gasteiger partial charge on any atom is -0.497 e. The number of aromatic nitrogens is 2. The summed E-state index contributed by atoms with van der Waals surface area (Å²) in [4.78, 5) is 16.3. The predicted molar refractivity (Wildman–Crippen MR) is 118 cm³/mol. The number of hydrogen-bond acceptors (Lipinski definition) is 5. The van der Waals surface area contributed by atoms with Gasteiger partial charge in [-0.3, -0.25) is 0 Å². The van der Waals surface area contributed by atoms with Crippen molar-refractivity contribution in [3.05, 3.63) is 66.0 Å². The van der Waals surface area contributed by atoms with Crippen molar-refractivity contribution in [1.82, 2.24) is 15.1 Å². The smallest absolute Gasteiger partial charge is 0.321 e. The molecule has 2 heterocycles. The van der Waals surface area contributed by atoms with Gasteiger partial charge in [-0.15, -0.1) is 10.2 Å². The first-order chi connectivity index (χ1) is 15.0. The van der Waals surface area contributed by atoms with Gasteiger partial charge >= 0.3 is 6.03 Å². The lowest BCUT2D eigenvalue weighted by Gasteiger charge is -2.35. The number of hydrogen-bond donors (Lipinski definition) is 1. The Morgan fingerprint density at radius 1 is 1.03 bits per heavy atom. The molecule has 8 heteroatoms. The molecule has 4 rings (SSSR count). The summed E-state index contributed by atoms with van der Waals surface area (Å²) in [6.45, 7) is 4.05. The van der Waals surface area contributed by atoms with Crippen LogP contribution < -0.4 is 15.0 Å². The van der Waals surface area contributed by atoms with E-state index in [1.807, 2.05) is 36.4 Å².